The van der Waals surface area contributed by atoms with Crippen molar-refractivity contribution in [2.45, 2.75) is 141 Å². The zero-order valence-electron chi connectivity index (χ0n) is 34.2. The lowest BCUT2D eigenvalue weighted by Crippen LogP contribution is -2.58. The summed E-state index contributed by atoms with van der Waals surface area (Å²) in [5.74, 6) is -3.50. The number of rotatable bonds is 9. The van der Waals surface area contributed by atoms with Gasteiger partial charge in [-0.05, 0) is 69.8 Å². The molecule has 6 amide bonds. The Labute approximate surface area is 332 Å². The number of ether oxygens (including phenoxy) is 1. The van der Waals surface area contributed by atoms with E-state index < -0.39 is 65.9 Å². The lowest BCUT2D eigenvalue weighted by molar-refractivity contribution is -0.143. The summed E-state index contributed by atoms with van der Waals surface area (Å²) in [6.07, 6.45) is 9.61. The number of carbonyl (C=O) groups is 7. The van der Waals surface area contributed by atoms with Crippen molar-refractivity contribution in [3.63, 3.8) is 0 Å². The average molecular weight is 781 g/mol. The number of alkyl carbamates (subject to hydrolysis) is 1. The molecule has 14 nitrogen and oxygen atoms in total. The Morgan fingerprint density at radius 1 is 0.911 bits per heavy atom. The van der Waals surface area contributed by atoms with Crippen LogP contribution < -0.4 is 21.3 Å². The molecule has 4 N–H and O–H groups in total. The third-order valence-corrected chi connectivity index (χ3v) is 11.3. The molecule has 3 fully saturated rings. The van der Waals surface area contributed by atoms with E-state index in [0.29, 0.717) is 30.9 Å². The number of hydrogen-bond donors (Lipinski definition) is 4. The van der Waals surface area contributed by atoms with Crippen LogP contribution in [0, 0.1) is 17.8 Å². The molecule has 2 heterocycles. The van der Waals surface area contributed by atoms with Crippen LogP contribution in [-0.4, -0.2) is 102 Å². The van der Waals surface area contributed by atoms with E-state index in [1.54, 1.807) is 70.1 Å². The fourth-order valence-corrected chi connectivity index (χ4v) is 8.26. The zero-order valence-corrected chi connectivity index (χ0v) is 34.2. The third-order valence-electron chi connectivity index (χ3n) is 11.3. The van der Waals surface area contributed by atoms with Gasteiger partial charge in [-0.15, -0.1) is 0 Å². The SMILES string of the molecule is CCC1C[C@H]2C(=O)N[C@H](C(=O)C(=O)NCC(=O)N[C@H](C(=O)N(C)C)c3ccccc3)CCCCCCCC3CCCC(C3)[C@H](NC(=O)OC(C)(C)C)C(=O)N2C1. The van der Waals surface area contributed by atoms with Crippen LogP contribution in [0.3, 0.4) is 0 Å². The quantitative estimate of drug-likeness (QED) is 0.269. The number of ketones is 1. The van der Waals surface area contributed by atoms with Crippen molar-refractivity contribution in [1.82, 2.24) is 31.1 Å². The van der Waals surface area contributed by atoms with E-state index in [1.165, 1.54) is 4.90 Å². The Kier molecular flexibility index (Phi) is 16.3. The van der Waals surface area contributed by atoms with Gasteiger partial charge in [-0.2, -0.15) is 0 Å². The molecule has 0 radical (unpaired) electrons. The van der Waals surface area contributed by atoms with E-state index in [9.17, 15) is 33.6 Å². The van der Waals surface area contributed by atoms with E-state index in [0.717, 1.165) is 64.2 Å². The van der Waals surface area contributed by atoms with Crippen molar-refractivity contribution in [3.05, 3.63) is 35.9 Å². The van der Waals surface area contributed by atoms with Gasteiger partial charge in [0.25, 0.3) is 5.91 Å². The lowest BCUT2D eigenvalue weighted by atomic mass is 9.75. The van der Waals surface area contributed by atoms with Crippen molar-refractivity contribution in [1.29, 1.82) is 0 Å². The molecule has 1 aromatic carbocycles. The van der Waals surface area contributed by atoms with E-state index in [2.05, 4.69) is 21.3 Å². The first-order valence-electron chi connectivity index (χ1n) is 20.6. The summed E-state index contributed by atoms with van der Waals surface area (Å²) >= 11 is 0. The minimum atomic E-state index is -1.18. The number of nitrogens with one attached hydrogen (secondary N) is 4. The molecule has 14 heteroatoms. The van der Waals surface area contributed by atoms with Crippen molar-refractivity contribution >= 4 is 41.4 Å². The molecule has 2 bridgehead atoms. The molecule has 4 rings (SSSR count). The first kappa shape index (κ1) is 44.2. The van der Waals surface area contributed by atoms with Crippen molar-refractivity contribution in [3.8, 4) is 0 Å². The summed E-state index contributed by atoms with van der Waals surface area (Å²) < 4.78 is 5.59. The Morgan fingerprint density at radius 3 is 2.23 bits per heavy atom. The number of benzene rings is 1. The van der Waals surface area contributed by atoms with Crippen LogP contribution in [0.5, 0.6) is 0 Å². The number of hydrogen-bond acceptors (Lipinski definition) is 8. The summed E-state index contributed by atoms with van der Waals surface area (Å²) in [5, 5.41) is 10.8. The smallest absolute Gasteiger partial charge is 0.408 e. The maximum atomic E-state index is 14.6. The highest BCUT2D eigenvalue weighted by Crippen LogP contribution is 2.36. The summed E-state index contributed by atoms with van der Waals surface area (Å²) in [6, 6.07) is 4.74. The Hall–Kier alpha value is -4.49. The summed E-state index contributed by atoms with van der Waals surface area (Å²) in [7, 11) is 3.14. The Morgan fingerprint density at radius 2 is 1.57 bits per heavy atom. The number of likely N-dealkylation sites (N-methyl/N-ethyl adjacent to an activating group) is 1. The molecule has 2 aliphatic heterocycles. The molecule has 1 aromatic rings. The second-order valence-electron chi connectivity index (χ2n) is 17.0. The zero-order chi connectivity index (χ0) is 41.0. The maximum Gasteiger partial charge on any atom is 0.408 e. The summed E-state index contributed by atoms with van der Waals surface area (Å²) in [6.45, 7) is 7.06. The van der Waals surface area contributed by atoms with Crippen LogP contribution in [0.2, 0.25) is 0 Å². The molecule has 56 heavy (non-hydrogen) atoms. The second kappa shape index (κ2) is 20.6. The predicted octanol–water partition coefficient (Wildman–Crippen LogP) is 4.17. The second-order valence-corrected chi connectivity index (χ2v) is 17.0. The van der Waals surface area contributed by atoms with Gasteiger partial charge in [0.05, 0.1) is 12.6 Å². The van der Waals surface area contributed by atoms with Gasteiger partial charge in [0.2, 0.25) is 29.4 Å². The highest BCUT2D eigenvalue weighted by Gasteiger charge is 2.45. The van der Waals surface area contributed by atoms with Crippen LogP contribution in [0.1, 0.15) is 123 Å². The minimum Gasteiger partial charge on any atom is -0.444 e. The van der Waals surface area contributed by atoms with Gasteiger partial charge in [0, 0.05) is 20.6 Å². The first-order valence-corrected chi connectivity index (χ1v) is 20.6. The van der Waals surface area contributed by atoms with Gasteiger partial charge in [-0.1, -0.05) is 95.0 Å². The molecule has 0 aromatic heterocycles. The topological polar surface area (TPSA) is 183 Å². The number of carbonyl (C=O) groups excluding carboxylic acids is 7. The molecule has 3 aliphatic rings. The average Bonchev–Trinajstić information content (AvgIpc) is 3.61. The van der Waals surface area contributed by atoms with E-state index in [4.69, 9.17) is 4.74 Å². The normalized spacial score (nSPS) is 25.7. The van der Waals surface area contributed by atoms with Gasteiger partial charge in [-0.25, -0.2) is 4.79 Å². The van der Waals surface area contributed by atoms with E-state index in [1.807, 2.05) is 6.92 Å². The third kappa shape index (κ3) is 12.8. The van der Waals surface area contributed by atoms with Crippen LogP contribution in [0.25, 0.3) is 0 Å². The fraction of sp³-hybridized carbons (Fsp3) is 0.690. The fourth-order valence-electron chi connectivity index (χ4n) is 8.26. The molecular weight excluding hydrogens is 716 g/mol. The molecule has 1 aliphatic carbocycles. The van der Waals surface area contributed by atoms with E-state index in [-0.39, 0.29) is 30.1 Å². The summed E-state index contributed by atoms with van der Waals surface area (Å²) in [4.78, 5) is 97.7. The van der Waals surface area contributed by atoms with Crippen LogP contribution in [-0.2, 0) is 33.5 Å². The number of nitrogens with zero attached hydrogens (tertiary/aromatic N) is 2. The molecule has 0 spiro atoms. The molecule has 310 valence electrons. The lowest BCUT2D eigenvalue weighted by Gasteiger charge is -2.37. The van der Waals surface area contributed by atoms with Gasteiger partial charge >= 0.3 is 6.09 Å². The van der Waals surface area contributed by atoms with Crippen LogP contribution in [0.15, 0.2) is 30.3 Å². The van der Waals surface area contributed by atoms with Crippen molar-refractivity contribution < 1.29 is 38.3 Å². The van der Waals surface area contributed by atoms with Crippen molar-refractivity contribution in [2.24, 2.45) is 17.8 Å². The summed E-state index contributed by atoms with van der Waals surface area (Å²) in [5.41, 5.74) is -0.207. The predicted molar refractivity (Wildman–Crippen MR) is 211 cm³/mol. The van der Waals surface area contributed by atoms with Gasteiger partial charge < -0.3 is 35.8 Å². The number of Topliss-reactive ketones (excluding diaryl/α,β-unsaturated/α-hetero) is 1. The minimum absolute atomic E-state index is 0.0247. The highest BCUT2D eigenvalue weighted by molar-refractivity contribution is 6.38. The van der Waals surface area contributed by atoms with Crippen LogP contribution >= 0.6 is 0 Å². The molecule has 2 saturated heterocycles. The first-order chi connectivity index (χ1) is 26.6. The standard InChI is InChI=1S/C42H64N6O8/c1-7-27-24-32-37(51)44-31(36(50)38(52)43-25-33(49)45-34(39(53)47(5)6)29-19-13-11-14-20-29)22-15-10-8-9-12-17-28-18-16-21-30(23-28)35(40(54)48(32)26-27)46-41(55)56-42(2,3)4/h11,13-14,19-20,27-28,30-32,34-35H,7-10,12,15-18,21-26H2,1-6H3,(H,43,52)(H,44,51)(H,45,49)(H,46,55)/t27?,28?,30?,31-,32-,34-,35-/m0/s1. The number of amides is 6. The van der Waals surface area contributed by atoms with Gasteiger partial charge in [-0.3, -0.25) is 28.8 Å². The van der Waals surface area contributed by atoms with Gasteiger partial charge in [0.1, 0.15) is 23.7 Å². The molecule has 3 unspecified atom stereocenters. The van der Waals surface area contributed by atoms with E-state index >= 15 is 0 Å². The monoisotopic (exact) mass is 780 g/mol. The molecule has 7 atom stereocenters. The Bertz CT molecular complexity index is 1540. The van der Waals surface area contributed by atoms with Gasteiger partial charge in [0.15, 0.2) is 0 Å². The molecular formula is C42H64N6O8. The highest BCUT2D eigenvalue weighted by atomic mass is 16.6. The van der Waals surface area contributed by atoms with Crippen LogP contribution in [0.4, 0.5) is 4.79 Å². The van der Waals surface area contributed by atoms with Crippen molar-refractivity contribution in [2.75, 3.05) is 27.2 Å². The Balaban J connectivity index is 1.52. The molecule has 1 saturated carbocycles. The number of fused-ring (bicyclic) bond motifs is 3. The largest absolute Gasteiger partial charge is 0.444 e. The maximum absolute atomic E-state index is 14.6.